The lowest BCUT2D eigenvalue weighted by molar-refractivity contribution is -0.389. The predicted octanol–water partition coefficient (Wildman–Crippen LogP) is 4.86. The molecule has 5 nitrogen and oxygen atoms in total. The number of rotatable bonds is 3. The number of hydrogen-bond acceptors (Lipinski definition) is 5. The third kappa shape index (κ3) is 2.09. The summed E-state index contributed by atoms with van der Waals surface area (Å²) in [4.78, 5) is 2.72. The Hall–Kier alpha value is -1.56. The summed E-state index contributed by atoms with van der Waals surface area (Å²) in [6.45, 7) is 15.8. The molecule has 5 heteroatoms. The average molecular weight is 466 g/mol. The van der Waals surface area contributed by atoms with Gasteiger partial charge in [0, 0.05) is 34.9 Å². The molecule has 4 aliphatic carbocycles. The molecule has 0 N–H and O–H groups in total. The molecule has 1 aromatic carbocycles. The van der Waals surface area contributed by atoms with Gasteiger partial charge in [-0.1, -0.05) is 32.9 Å². The number of methoxy groups -OCH3 is 1. The van der Waals surface area contributed by atoms with Crippen LogP contribution in [0.25, 0.3) is 0 Å². The Kier molecular flexibility index (Phi) is 4.09. The second-order valence-electron chi connectivity index (χ2n) is 13.0. The Morgan fingerprint density at radius 1 is 1.21 bits per heavy atom. The van der Waals surface area contributed by atoms with Crippen LogP contribution in [0.3, 0.4) is 0 Å². The van der Waals surface area contributed by atoms with Crippen molar-refractivity contribution < 1.29 is 18.9 Å². The Bertz CT molecular complexity index is 1080. The van der Waals surface area contributed by atoms with Crippen molar-refractivity contribution in [2.24, 2.45) is 16.7 Å². The van der Waals surface area contributed by atoms with Crippen LogP contribution < -0.4 is 9.47 Å². The summed E-state index contributed by atoms with van der Waals surface area (Å²) in [5.74, 6) is 2.16. The first-order chi connectivity index (χ1) is 16.2. The maximum atomic E-state index is 7.15. The summed E-state index contributed by atoms with van der Waals surface area (Å²) in [6.07, 6.45) is 7.66. The van der Waals surface area contributed by atoms with E-state index in [0.29, 0.717) is 12.8 Å². The van der Waals surface area contributed by atoms with Gasteiger partial charge in [0.25, 0.3) is 0 Å². The topological polar surface area (TPSA) is 40.2 Å². The van der Waals surface area contributed by atoms with Gasteiger partial charge in [-0.3, -0.25) is 4.90 Å². The summed E-state index contributed by atoms with van der Waals surface area (Å²) < 4.78 is 26.4. The van der Waals surface area contributed by atoms with Crippen molar-refractivity contribution in [1.29, 1.82) is 0 Å². The first-order valence-electron chi connectivity index (χ1n) is 13.2. The molecule has 2 unspecified atom stereocenters. The van der Waals surface area contributed by atoms with Crippen LogP contribution in [0.4, 0.5) is 0 Å². The average Bonchev–Trinajstić information content (AvgIpc) is 3.17. The maximum Gasteiger partial charge on any atom is 0.165 e. The first kappa shape index (κ1) is 21.7. The zero-order valence-electron chi connectivity index (χ0n) is 21.4. The largest absolute Gasteiger partial charge is 0.493 e. The van der Waals surface area contributed by atoms with Gasteiger partial charge in [-0.2, -0.15) is 0 Å². The van der Waals surface area contributed by atoms with Crippen molar-refractivity contribution in [2.45, 2.75) is 88.6 Å². The normalized spacial score (nSPS) is 45.9. The van der Waals surface area contributed by atoms with Gasteiger partial charge in [-0.25, -0.2) is 0 Å². The second-order valence-corrected chi connectivity index (χ2v) is 13.0. The van der Waals surface area contributed by atoms with Crippen LogP contribution in [-0.4, -0.2) is 55.2 Å². The maximum absolute atomic E-state index is 7.15. The summed E-state index contributed by atoms with van der Waals surface area (Å²) in [6, 6.07) is 4.92. The molecule has 2 saturated heterocycles. The van der Waals surface area contributed by atoms with Crippen LogP contribution in [0.1, 0.15) is 64.5 Å². The van der Waals surface area contributed by atoms with Crippen molar-refractivity contribution in [3.05, 3.63) is 35.9 Å². The van der Waals surface area contributed by atoms with E-state index >= 15 is 0 Å². The van der Waals surface area contributed by atoms with Crippen LogP contribution in [0.2, 0.25) is 0 Å². The van der Waals surface area contributed by atoms with Gasteiger partial charge in [-0.05, 0) is 62.6 Å². The predicted molar refractivity (Wildman–Crippen MR) is 130 cm³/mol. The summed E-state index contributed by atoms with van der Waals surface area (Å²) in [7, 11) is 1.77. The SMILES string of the molecule is C=CCN1CC[C@]23c4c5ccc(OC)c4O[C@H]2C24CC[C@@]3(CC2[C@@](C)(C(C)(C)C)OCO4)[C@H]1C5. The summed E-state index contributed by atoms with van der Waals surface area (Å²) in [5, 5.41) is 0. The van der Waals surface area contributed by atoms with E-state index in [1.165, 1.54) is 17.5 Å². The monoisotopic (exact) mass is 465 g/mol. The van der Waals surface area contributed by atoms with Crippen LogP contribution in [0.5, 0.6) is 11.5 Å². The van der Waals surface area contributed by atoms with E-state index in [-0.39, 0.29) is 39.5 Å². The molecule has 4 bridgehead atoms. The van der Waals surface area contributed by atoms with Gasteiger partial charge in [0.05, 0.1) is 12.7 Å². The second kappa shape index (κ2) is 6.41. The Labute approximate surface area is 203 Å². The van der Waals surface area contributed by atoms with Crippen molar-refractivity contribution in [2.75, 3.05) is 27.0 Å². The molecule has 0 amide bonds. The fourth-order valence-electron chi connectivity index (χ4n) is 9.73. The smallest absolute Gasteiger partial charge is 0.165 e. The molecular formula is C29H39NO4. The number of ether oxygens (including phenoxy) is 4. The summed E-state index contributed by atoms with van der Waals surface area (Å²) >= 11 is 0. The fourth-order valence-corrected chi connectivity index (χ4v) is 9.73. The molecule has 3 heterocycles. The molecule has 34 heavy (non-hydrogen) atoms. The van der Waals surface area contributed by atoms with E-state index in [2.05, 4.69) is 57.4 Å². The third-order valence-electron chi connectivity index (χ3n) is 11.5. The van der Waals surface area contributed by atoms with Crippen LogP contribution >= 0.6 is 0 Å². The van der Waals surface area contributed by atoms with Crippen molar-refractivity contribution in [3.63, 3.8) is 0 Å². The standard InChI is InChI=1S/C29H39NO4/c1-7-13-30-14-12-28-22-18-8-9-19(31-6)23(22)34-24(28)29-11-10-27(28,21(30)15-18)16-20(29)26(5,25(2,3)4)32-17-33-29/h7-9,20-21,24H,1,10-17H2,2-6H3/t20?,21-,24-,26+,27-,28+,29?/m1/s1. The Balaban J connectivity index is 1.51. The van der Waals surface area contributed by atoms with E-state index in [1.807, 2.05) is 0 Å². The molecule has 3 saturated carbocycles. The summed E-state index contributed by atoms with van der Waals surface area (Å²) in [5.41, 5.74) is 2.43. The van der Waals surface area contributed by atoms with Gasteiger partial charge < -0.3 is 18.9 Å². The van der Waals surface area contributed by atoms with Gasteiger partial charge in [0.15, 0.2) is 11.5 Å². The van der Waals surface area contributed by atoms with E-state index in [9.17, 15) is 0 Å². The van der Waals surface area contributed by atoms with Crippen LogP contribution in [0, 0.1) is 16.7 Å². The highest BCUT2D eigenvalue weighted by Crippen LogP contribution is 2.78. The number of likely N-dealkylation sites (tertiary alicyclic amines) is 1. The fraction of sp³-hybridized carbons (Fsp3) is 0.724. The Morgan fingerprint density at radius 3 is 2.76 bits per heavy atom. The number of piperidine rings is 1. The molecule has 5 fully saturated rings. The molecule has 184 valence electrons. The molecule has 8 rings (SSSR count). The molecule has 3 aliphatic heterocycles. The lowest BCUT2D eigenvalue weighted by Crippen LogP contribution is -2.84. The number of benzene rings is 1. The minimum absolute atomic E-state index is 0.00534. The van der Waals surface area contributed by atoms with Gasteiger partial charge in [-0.15, -0.1) is 6.58 Å². The molecular weight excluding hydrogens is 426 g/mol. The van der Waals surface area contributed by atoms with E-state index in [0.717, 1.165) is 50.3 Å². The number of nitrogens with zero attached hydrogens (tertiary/aromatic N) is 1. The zero-order chi connectivity index (χ0) is 23.7. The van der Waals surface area contributed by atoms with Crippen LogP contribution in [0.15, 0.2) is 24.8 Å². The lowest BCUT2D eigenvalue weighted by atomic mass is 9.33. The van der Waals surface area contributed by atoms with Crippen molar-refractivity contribution in [3.8, 4) is 11.5 Å². The number of fused-ring (bicyclic) bond motifs is 1. The van der Waals surface area contributed by atoms with E-state index in [4.69, 9.17) is 18.9 Å². The zero-order valence-corrected chi connectivity index (χ0v) is 21.4. The quantitative estimate of drug-likeness (QED) is 0.597. The highest BCUT2D eigenvalue weighted by atomic mass is 16.7. The Morgan fingerprint density at radius 2 is 2.03 bits per heavy atom. The molecule has 0 radical (unpaired) electrons. The van der Waals surface area contributed by atoms with E-state index in [1.54, 1.807) is 7.11 Å². The van der Waals surface area contributed by atoms with Gasteiger partial charge >= 0.3 is 0 Å². The van der Waals surface area contributed by atoms with Crippen LogP contribution in [-0.2, 0) is 21.3 Å². The first-order valence-corrected chi connectivity index (χ1v) is 13.2. The molecule has 0 aromatic heterocycles. The van der Waals surface area contributed by atoms with Crippen molar-refractivity contribution in [1.82, 2.24) is 4.90 Å². The van der Waals surface area contributed by atoms with Gasteiger partial charge in [0.2, 0.25) is 0 Å². The van der Waals surface area contributed by atoms with Crippen molar-refractivity contribution >= 4 is 0 Å². The minimum Gasteiger partial charge on any atom is -0.493 e. The minimum atomic E-state index is -0.328. The molecule has 3 spiro atoms. The lowest BCUT2D eigenvalue weighted by Gasteiger charge is -2.76. The number of hydrogen-bond donors (Lipinski definition) is 0. The highest BCUT2D eigenvalue weighted by Gasteiger charge is 2.83. The highest BCUT2D eigenvalue weighted by molar-refractivity contribution is 5.63. The van der Waals surface area contributed by atoms with E-state index < -0.39 is 0 Å². The molecule has 1 aromatic rings. The molecule has 7 aliphatic rings. The molecule has 7 atom stereocenters. The van der Waals surface area contributed by atoms with Gasteiger partial charge in [0.1, 0.15) is 18.5 Å². The third-order valence-corrected chi connectivity index (χ3v) is 11.5.